The molecule has 56 valence electrons. The third-order valence-electron chi connectivity index (χ3n) is 1.35. The number of allylic oxidation sites excluding steroid dienone is 1. The number of hydrogen-bond acceptors (Lipinski definition) is 2. The molecule has 0 aromatic rings. The van der Waals surface area contributed by atoms with Crippen LogP contribution in [-0.4, -0.2) is 24.1 Å². The minimum absolute atomic E-state index is 0.373. The summed E-state index contributed by atoms with van der Waals surface area (Å²) in [6.07, 6.45) is 2.97. The second-order valence-corrected chi connectivity index (χ2v) is 2.06. The number of nitrogens with one attached hydrogen (secondary N) is 2. The summed E-state index contributed by atoms with van der Waals surface area (Å²) in [6, 6.07) is 0. The van der Waals surface area contributed by atoms with Gasteiger partial charge in [-0.2, -0.15) is 0 Å². The lowest BCUT2D eigenvalue weighted by atomic mass is 10.2. The molecule has 0 atom stereocenters. The van der Waals surface area contributed by atoms with Crippen LogP contribution < -0.4 is 0 Å². The van der Waals surface area contributed by atoms with Crippen molar-refractivity contribution in [3.05, 3.63) is 11.6 Å². The van der Waals surface area contributed by atoms with E-state index in [2.05, 4.69) is 0 Å². The fourth-order valence-corrected chi connectivity index (χ4v) is 0.479. The molecule has 0 aromatic carbocycles. The molecule has 0 saturated heterocycles. The van der Waals surface area contributed by atoms with E-state index in [1.807, 2.05) is 19.9 Å². The summed E-state index contributed by atoms with van der Waals surface area (Å²) in [4.78, 5) is 1.45. The Bertz CT molecular complexity index is 170. The Morgan fingerprint density at radius 3 is 2.30 bits per heavy atom. The van der Waals surface area contributed by atoms with E-state index >= 15 is 0 Å². The number of hydrogen-bond donors (Lipinski definition) is 2. The largest absolute Gasteiger partial charge is 0.321 e. The smallest absolute Gasteiger partial charge is 0.128 e. The van der Waals surface area contributed by atoms with Crippen LogP contribution in [0.3, 0.4) is 0 Å². The summed E-state index contributed by atoms with van der Waals surface area (Å²) in [5.41, 5.74) is 0.881. The Morgan fingerprint density at radius 1 is 1.50 bits per heavy atom. The average Bonchev–Trinajstić information content (AvgIpc) is 2.00. The fourth-order valence-electron chi connectivity index (χ4n) is 0.479. The van der Waals surface area contributed by atoms with E-state index in [1.54, 1.807) is 7.05 Å². The molecule has 0 unspecified atom stereocenters. The van der Waals surface area contributed by atoms with Gasteiger partial charge in [-0.15, -0.1) is 0 Å². The van der Waals surface area contributed by atoms with Crippen LogP contribution in [0.4, 0.5) is 0 Å². The molecule has 0 amide bonds. The number of nitrogens with zero attached hydrogens (tertiary/aromatic N) is 1. The van der Waals surface area contributed by atoms with Gasteiger partial charge in [0.25, 0.3) is 0 Å². The minimum Gasteiger partial charge on any atom is -0.321 e. The zero-order chi connectivity index (χ0) is 8.15. The maximum atomic E-state index is 7.41. The summed E-state index contributed by atoms with van der Waals surface area (Å²) in [7, 11) is 1.68. The molecule has 10 heavy (non-hydrogen) atoms. The van der Waals surface area contributed by atoms with Crippen molar-refractivity contribution < 1.29 is 0 Å². The van der Waals surface area contributed by atoms with Gasteiger partial charge in [-0.1, -0.05) is 6.08 Å². The fraction of sp³-hybridized carbons (Fsp3) is 0.429. The van der Waals surface area contributed by atoms with Gasteiger partial charge in [-0.3, -0.25) is 10.8 Å². The van der Waals surface area contributed by atoms with Gasteiger partial charge in [0.15, 0.2) is 0 Å². The lowest BCUT2D eigenvalue weighted by Gasteiger charge is -2.12. The van der Waals surface area contributed by atoms with Gasteiger partial charge in [-0.25, -0.2) is 0 Å². The monoisotopic (exact) mass is 139 g/mol. The first kappa shape index (κ1) is 8.88. The van der Waals surface area contributed by atoms with Crippen LogP contribution >= 0.6 is 0 Å². The Morgan fingerprint density at radius 2 is 2.00 bits per heavy atom. The van der Waals surface area contributed by atoms with Crippen molar-refractivity contribution in [2.75, 3.05) is 7.05 Å². The summed E-state index contributed by atoms with van der Waals surface area (Å²) in [5, 5.41) is 14.2. The number of amidine groups is 1. The van der Waals surface area contributed by atoms with E-state index in [-0.39, 0.29) is 0 Å². The zero-order valence-electron chi connectivity index (χ0n) is 6.60. The normalized spacial score (nSPS) is 10.9. The average molecular weight is 139 g/mol. The van der Waals surface area contributed by atoms with Gasteiger partial charge in [0.05, 0.1) is 6.34 Å². The molecule has 0 aliphatic carbocycles. The maximum Gasteiger partial charge on any atom is 0.128 e. The molecule has 3 heteroatoms. The summed E-state index contributed by atoms with van der Waals surface area (Å²) in [6.45, 7) is 3.73. The molecule has 0 aliphatic rings. The Balaban J connectivity index is 4.22. The molecule has 0 fully saturated rings. The molecule has 0 radical (unpaired) electrons. The van der Waals surface area contributed by atoms with Crippen molar-refractivity contribution >= 4 is 12.2 Å². The van der Waals surface area contributed by atoms with Crippen molar-refractivity contribution in [2.24, 2.45) is 0 Å². The predicted molar refractivity (Wildman–Crippen MR) is 43.7 cm³/mol. The summed E-state index contributed by atoms with van der Waals surface area (Å²) < 4.78 is 0. The van der Waals surface area contributed by atoms with Crippen LogP contribution in [0.2, 0.25) is 0 Å². The predicted octanol–water partition coefficient (Wildman–Crippen LogP) is 1.47. The Labute approximate surface area is 61.4 Å². The zero-order valence-corrected chi connectivity index (χ0v) is 6.60. The molecule has 3 nitrogen and oxygen atoms in total. The van der Waals surface area contributed by atoms with Gasteiger partial charge >= 0.3 is 0 Å². The van der Waals surface area contributed by atoms with Crippen molar-refractivity contribution in [3.8, 4) is 0 Å². The Kier molecular flexibility index (Phi) is 3.39. The van der Waals surface area contributed by atoms with Gasteiger partial charge in [0.2, 0.25) is 0 Å². The lowest BCUT2D eigenvalue weighted by molar-refractivity contribution is 0.761. The number of likely N-dealkylation sites (N-methyl/N-ethyl adjacent to an activating group) is 1. The van der Waals surface area contributed by atoms with Gasteiger partial charge in [0, 0.05) is 7.05 Å². The lowest BCUT2D eigenvalue weighted by Crippen LogP contribution is -2.24. The highest BCUT2D eigenvalue weighted by atomic mass is 15.1. The van der Waals surface area contributed by atoms with Gasteiger partial charge in [-0.05, 0) is 19.4 Å². The van der Waals surface area contributed by atoms with E-state index in [0.29, 0.717) is 5.84 Å². The topological polar surface area (TPSA) is 50.9 Å². The molecule has 0 rings (SSSR count). The van der Waals surface area contributed by atoms with Gasteiger partial charge < -0.3 is 4.90 Å². The van der Waals surface area contributed by atoms with Crippen LogP contribution in [0.1, 0.15) is 13.8 Å². The minimum atomic E-state index is 0.373. The third kappa shape index (κ3) is 2.01. The van der Waals surface area contributed by atoms with Crippen LogP contribution in [0.15, 0.2) is 11.6 Å². The highest BCUT2D eigenvalue weighted by Gasteiger charge is 2.00. The molecule has 0 aromatic heterocycles. The number of rotatable bonds is 2. The maximum absolute atomic E-state index is 7.41. The van der Waals surface area contributed by atoms with E-state index in [0.717, 1.165) is 11.9 Å². The highest BCUT2D eigenvalue weighted by Crippen LogP contribution is 1.96. The quantitative estimate of drug-likeness (QED) is 0.441. The van der Waals surface area contributed by atoms with Crippen LogP contribution in [-0.2, 0) is 0 Å². The molecule has 0 saturated carbocycles. The SMILES string of the molecule is C/C=C(/C)C(=N)N(C)C=N. The highest BCUT2D eigenvalue weighted by molar-refractivity contribution is 6.00. The molecule has 0 heterocycles. The van der Waals surface area contributed by atoms with Crippen molar-refractivity contribution in [3.63, 3.8) is 0 Å². The molecular weight excluding hydrogens is 126 g/mol. The van der Waals surface area contributed by atoms with Crippen LogP contribution in [0, 0.1) is 10.8 Å². The molecule has 0 spiro atoms. The molecular formula is C7H13N3. The standard InChI is InChI=1S/C7H13N3/c1-4-6(2)7(9)10(3)5-8/h4-5,8-9H,1-3H3/b6-4-,8-5?,9-7?. The summed E-state index contributed by atoms with van der Waals surface area (Å²) in [5.74, 6) is 0.373. The second kappa shape index (κ2) is 3.82. The summed E-state index contributed by atoms with van der Waals surface area (Å²) >= 11 is 0. The Hall–Kier alpha value is -1.12. The van der Waals surface area contributed by atoms with Crippen molar-refractivity contribution in [1.82, 2.24) is 4.90 Å². The van der Waals surface area contributed by atoms with Crippen LogP contribution in [0.5, 0.6) is 0 Å². The molecule has 0 aliphatic heterocycles. The van der Waals surface area contributed by atoms with E-state index in [9.17, 15) is 0 Å². The molecule has 2 N–H and O–H groups in total. The van der Waals surface area contributed by atoms with E-state index in [1.165, 1.54) is 4.90 Å². The van der Waals surface area contributed by atoms with E-state index < -0.39 is 0 Å². The van der Waals surface area contributed by atoms with E-state index in [4.69, 9.17) is 10.8 Å². The van der Waals surface area contributed by atoms with Gasteiger partial charge in [0.1, 0.15) is 5.84 Å². The first-order valence-electron chi connectivity index (χ1n) is 3.08. The van der Waals surface area contributed by atoms with Crippen LogP contribution in [0.25, 0.3) is 0 Å². The third-order valence-corrected chi connectivity index (χ3v) is 1.35. The first-order chi connectivity index (χ1) is 4.63. The van der Waals surface area contributed by atoms with Crippen molar-refractivity contribution in [2.45, 2.75) is 13.8 Å². The second-order valence-electron chi connectivity index (χ2n) is 2.06. The van der Waals surface area contributed by atoms with Crippen molar-refractivity contribution in [1.29, 1.82) is 10.8 Å². The first-order valence-corrected chi connectivity index (χ1v) is 3.08. The molecule has 0 bridgehead atoms.